The second kappa shape index (κ2) is 9.27. The molecule has 0 radical (unpaired) electrons. The van der Waals surface area contributed by atoms with Crippen LogP contribution in [0.25, 0.3) is 0 Å². The molecular weight excluding hydrogens is 434 g/mol. The average molecular weight is 478 g/mol. The Labute approximate surface area is 210 Å². The average Bonchev–Trinajstić information content (AvgIpc) is 3.40. The van der Waals surface area contributed by atoms with Gasteiger partial charge in [0.25, 0.3) is 6.02 Å². The minimum Gasteiger partial charge on any atom is -0.512 e. The second-order valence-electron chi connectivity index (χ2n) is 12.7. The van der Waals surface area contributed by atoms with Gasteiger partial charge in [-0.25, -0.2) is 9.98 Å². The third kappa shape index (κ3) is 4.05. The predicted molar refractivity (Wildman–Crippen MR) is 139 cm³/mol. The molecule has 0 amide bonds. The van der Waals surface area contributed by atoms with Crippen LogP contribution in [0.5, 0.6) is 0 Å². The van der Waals surface area contributed by atoms with E-state index in [2.05, 4.69) is 17.5 Å². The van der Waals surface area contributed by atoms with Crippen LogP contribution in [0.3, 0.4) is 0 Å². The number of hydrogen-bond donors (Lipinski definition) is 2. The highest BCUT2D eigenvalue weighted by Gasteiger charge is 2.53. The van der Waals surface area contributed by atoms with Crippen molar-refractivity contribution in [1.29, 1.82) is 0 Å². The van der Waals surface area contributed by atoms with Crippen LogP contribution in [-0.2, 0) is 4.74 Å². The summed E-state index contributed by atoms with van der Waals surface area (Å²) in [5.41, 5.74) is 1.04. The van der Waals surface area contributed by atoms with Crippen LogP contribution in [0, 0.1) is 41.4 Å². The van der Waals surface area contributed by atoms with Crippen LogP contribution in [-0.4, -0.2) is 29.2 Å². The Morgan fingerprint density at radius 3 is 2.54 bits per heavy atom. The zero-order valence-electron chi connectivity index (χ0n) is 21.2. The van der Waals surface area contributed by atoms with Crippen molar-refractivity contribution >= 4 is 11.9 Å². The molecule has 0 saturated heterocycles. The highest BCUT2D eigenvalue weighted by Crippen LogP contribution is 2.60. The Morgan fingerprint density at radius 1 is 0.829 bits per heavy atom. The highest BCUT2D eigenvalue weighted by atomic mass is 16.5. The molecule has 4 saturated carbocycles. The summed E-state index contributed by atoms with van der Waals surface area (Å²) in [6.07, 6.45) is 23.1. The summed E-state index contributed by atoms with van der Waals surface area (Å²) >= 11 is 0. The first-order valence-electron chi connectivity index (χ1n) is 14.9. The van der Waals surface area contributed by atoms with Gasteiger partial charge >= 0.3 is 0 Å². The fourth-order valence-corrected chi connectivity index (χ4v) is 9.37. The molecule has 35 heavy (non-hydrogen) atoms. The molecule has 190 valence electrons. The first-order chi connectivity index (χ1) is 17.2. The molecule has 0 aromatic rings. The molecule has 8 atom stereocenters. The van der Waals surface area contributed by atoms with E-state index >= 15 is 0 Å². The number of nitrogens with one attached hydrogen (secondary N) is 1. The highest BCUT2D eigenvalue weighted by molar-refractivity contribution is 6.00. The number of ether oxygens (including phenoxy) is 1. The van der Waals surface area contributed by atoms with Gasteiger partial charge in [0, 0.05) is 17.9 Å². The lowest BCUT2D eigenvalue weighted by Crippen LogP contribution is -2.54. The minimum absolute atomic E-state index is 0.273. The molecule has 0 bridgehead atoms. The number of aliphatic hydroxyl groups is 1. The van der Waals surface area contributed by atoms with Gasteiger partial charge in [-0.15, -0.1) is 0 Å². The third-order valence-electron chi connectivity index (χ3n) is 10.9. The number of aliphatic hydroxyl groups excluding tert-OH is 1. The number of rotatable bonds is 3. The number of hydrogen-bond acceptors (Lipinski definition) is 5. The van der Waals surface area contributed by atoms with Gasteiger partial charge in [-0.3, -0.25) is 5.32 Å². The number of aliphatic imine (C=N–C) groups is 2. The Hall–Kier alpha value is -1.78. The van der Waals surface area contributed by atoms with Gasteiger partial charge in [-0.05, 0) is 125 Å². The van der Waals surface area contributed by atoms with Crippen LogP contribution >= 0.6 is 0 Å². The number of amidine groups is 2. The maximum atomic E-state index is 10.7. The van der Waals surface area contributed by atoms with E-state index in [4.69, 9.17) is 14.7 Å². The molecule has 8 unspecified atom stereocenters. The van der Waals surface area contributed by atoms with Crippen molar-refractivity contribution < 1.29 is 9.84 Å². The standard InChI is InChI=1S/C30H43N3O2/c34-25-11-4-3-10-24(25)29-31-28(32-30(33-29)35-21-8-1-2-9-21)23-17-15-20-13-12-18-6-5-7-19-14-16-22(23)27(20)26(18)19/h5-6,18-23,26-27,29,34H,1-4,7-17H2,(H,31,32,33). The molecular formula is C30H43N3O2. The van der Waals surface area contributed by atoms with E-state index in [1.54, 1.807) is 0 Å². The van der Waals surface area contributed by atoms with Gasteiger partial charge in [0.2, 0.25) is 0 Å². The minimum atomic E-state index is -0.297. The van der Waals surface area contributed by atoms with Gasteiger partial charge in [-0.2, -0.15) is 0 Å². The Bertz CT molecular complexity index is 945. The van der Waals surface area contributed by atoms with Crippen molar-refractivity contribution in [2.45, 2.75) is 109 Å². The molecule has 7 aliphatic rings. The summed E-state index contributed by atoms with van der Waals surface area (Å²) in [4.78, 5) is 10.2. The molecule has 7 rings (SSSR count). The Kier molecular flexibility index (Phi) is 5.93. The zero-order chi connectivity index (χ0) is 23.4. The van der Waals surface area contributed by atoms with Crippen LogP contribution in [0.4, 0.5) is 0 Å². The van der Waals surface area contributed by atoms with Crippen molar-refractivity contribution in [2.24, 2.45) is 51.4 Å². The molecule has 0 spiro atoms. The van der Waals surface area contributed by atoms with Crippen LogP contribution in [0.15, 0.2) is 33.5 Å². The Balaban J connectivity index is 1.19. The quantitative estimate of drug-likeness (QED) is 0.446. The van der Waals surface area contributed by atoms with Crippen molar-refractivity contribution in [3.8, 4) is 0 Å². The van der Waals surface area contributed by atoms with Crippen molar-refractivity contribution in [1.82, 2.24) is 5.32 Å². The van der Waals surface area contributed by atoms with Crippen molar-refractivity contribution in [3.05, 3.63) is 23.5 Å². The van der Waals surface area contributed by atoms with E-state index in [0.29, 0.717) is 17.7 Å². The van der Waals surface area contributed by atoms with Crippen molar-refractivity contribution in [3.63, 3.8) is 0 Å². The van der Waals surface area contributed by atoms with Crippen molar-refractivity contribution in [2.75, 3.05) is 0 Å². The fraction of sp³-hybridized carbons (Fsp3) is 0.800. The summed E-state index contributed by atoms with van der Waals surface area (Å²) in [5.74, 6) is 7.27. The summed E-state index contributed by atoms with van der Waals surface area (Å²) in [6, 6.07) is 0.677. The largest absolute Gasteiger partial charge is 0.512 e. The molecule has 5 heteroatoms. The van der Waals surface area contributed by atoms with E-state index in [-0.39, 0.29) is 12.3 Å². The topological polar surface area (TPSA) is 66.2 Å². The number of nitrogens with zero attached hydrogens (tertiary/aromatic N) is 2. The molecule has 2 N–H and O–H groups in total. The molecule has 4 fully saturated rings. The molecule has 0 aromatic heterocycles. The van der Waals surface area contributed by atoms with Gasteiger partial charge < -0.3 is 9.84 Å². The fourth-order valence-electron chi connectivity index (χ4n) is 9.37. The van der Waals surface area contributed by atoms with E-state index in [1.165, 1.54) is 57.8 Å². The summed E-state index contributed by atoms with van der Waals surface area (Å²) in [6.45, 7) is 0. The molecule has 6 aliphatic carbocycles. The monoisotopic (exact) mass is 477 g/mol. The van der Waals surface area contributed by atoms with E-state index in [0.717, 1.165) is 85.4 Å². The maximum absolute atomic E-state index is 10.7. The summed E-state index contributed by atoms with van der Waals surface area (Å²) < 4.78 is 6.45. The maximum Gasteiger partial charge on any atom is 0.292 e. The van der Waals surface area contributed by atoms with Gasteiger partial charge in [-0.1, -0.05) is 12.2 Å². The van der Waals surface area contributed by atoms with E-state index in [1.807, 2.05) is 0 Å². The van der Waals surface area contributed by atoms with E-state index in [9.17, 15) is 5.11 Å². The summed E-state index contributed by atoms with van der Waals surface area (Å²) in [7, 11) is 0. The second-order valence-corrected chi connectivity index (χ2v) is 12.7. The third-order valence-corrected chi connectivity index (χ3v) is 10.9. The van der Waals surface area contributed by atoms with Gasteiger partial charge in [0.15, 0.2) is 6.17 Å². The molecule has 1 aliphatic heterocycles. The number of allylic oxidation sites excluding steroid dienone is 3. The smallest absolute Gasteiger partial charge is 0.292 e. The SMILES string of the molecule is OC1=C(C2N=C(OC3CCCC3)NC(C3CCC4CCC5C=CCC6CCC3C4C56)=N2)CCCC1. The van der Waals surface area contributed by atoms with E-state index < -0.39 is 0 Å². The molecule has 1 heterocycles. The Morgan fingerprint density at radius 2 is 1.66 bits per heavy atom. The molecule has 0 aromatic carbocycles. The van der Waals surface area contributed by atoms with Crippen LogP contribution in [0.1, 0.15) is 96.3 Å². The van der Waals surface area contributed by atoms with Crippen LogP contribution in [0.2, 0.25) is 0 Å². The van der Waals surface area contributed by atoms with Gasteiger partial charge in [0.05, 0.1) is 5.76 Å². The first kappa shape index (κ1) is 22.4. The zero-order valence-corrected chi connectivity index (χ0v) is 21.2. The van der Waals surface area contributed by atoms with Crippen LogP contribution < -0.4 is 5.32 Å². The normalized spacial score (nSPS) is 43.2. The first-order valence-corrected chi connectivity index (χ1v) is 14.9. The lowest BCUT2D eigenvalue weighted by Gasteiger charge is -2.58. The molecule has 5 nitrogen and oxygen atoms in total. The van der Waals surface area contributed by atoms with Gasteiger partial charge in [0.1, 0.15) is 11.9 Å². The summed E-state index contributed by atoms with van der Waals surface area (Å²) in [5, 5.41) is 14.4. The predicted octanol–water partition coefficient (Wildman–Crippen LogP) is 6.67. The lowest BCUT2D eigenvalue weighted by atomic mass is 9.47. The lowest BCUT2D eigenvalue weighted by molar-refractivity contribution is -0.0599.